The second kappa shape index (κ2) is 17.2. The van der Waals surface area contributed by atoms with Crippen LogP contribution >= 0.6 is 0 Å². The minimum absolute atomic E-state index is 0.0665. The molecule has 1 aromatic rings. The van der Waals surface area contributed by atoms with E-state index in [9.17, 15) is 19.2 Å². The SMILES string of the molecule is C#Cc1ccc(C(C(=O)NCC(=O)OC)N(CCCCCCC)C(=O)C(CC(C)C)NC(=O)OC(C)(C)C)cc1. The number of esters is 1. The predicted octanol–water partition coefficient (Wildman–Crippen LogP) is 4.74. The van der Waals surface area contributed by atoms with Gasteiger partial charge < -0.3 is 25.0 Å². The van der Waals surface area contributed by atoms with E-state index in [0.29, 0.717) is 24.0 Å². The van der Waals surface area contributed by atoms with E-state index in [1.807, 2.05) is 13.8 Å². The molecule has 0 fully saturated rings. The molecule has 2 unspecified atom stereocenters. The molecule has 0 saturated carbocycles. The molecule has 0 heterocycles. The summed E-state index contributed by atoms with van der Waals surface area (Å²) in [5.41, 5.74) is 0.409. The molecule has 2 atom stereocenters. The lowest BCUT2D eigenvalue weighted by Gasteiger charge is -2.35. The molecule has 0 aliphatic heterocycles. The van der Waals surface area contributed by atoms with Gasteiger partial charge in [-0.1, -0.05) is 64.5 Å². The molecule has 0 bridgehead atoms. The molecule has 0 aliphatic rings. The van der Waals surface area contributed by atoms with E-state index in [4.69, 9.17) is 11.2 Å². The fraction of sp³-hybridized carbons (Fsp3) is 0.613. The van der Waals surface area contributed by atoms with Gasteiger partial charge in [0.2, 0.25) is 11.8 Å². The number of unbranched alkanes of at least 4 members (excludes halogenated alkanes) is 4. The van der Waals surface area contributed by atoms with Gasteiger partial charge in [0.05, 0.1) is 7.11 Å². The molecule has 1 aromatic carbocycles. The van der Waals surface area contributed by atoms with Crippen LogP contribution in [0, 0.1) is 18.3 Å². The van der Waals surface area contributed by atoms with Crippen LogP contribution in [0.15, 0.2) is 24.3 Å². The van der Waals surface area contributed by atoms with E-state index >= 15 is 0 Å². The predicted molar refractivity (Wildman–Crippen MR) is 155 cm³/mol. The Bertz CT molecular complexity index is 1010. The van der Waals surface area contributed by atoms with Crippen molar-refractivity contribution >= 4 is 23.9 Å². The Morgan fingerprint density at radius 1 is 1.02 bits per heavy atom. The molecule has 222 valence electrons. The topological polar surface area (TPSA) is 114 Å². The van der Waals surface area contributed by atoms with Crippen molar-refractivity contribution in [3.63, 3.8) is 0 Å². The maximum atomic E-state index is 14.2. The maximum Gasteiger partial charge on any atom is 0.408 e. The van der Waals surface area contributed by atoms with Crippen LogP contribution in [0.2, 0.25) is 0 Å². The summed E-state index contributed by atoms with van der Waals surface area (Å²) in [5.74, 6) is 1.06. The molecule has 0 saturated heterocycles. The first kappa shape index (κ1) is 34.5. The third kappa shape index (κ3) is 12.5. The average Bonchev–Trinajstić information content (AvgIpc) is 2.88. The minimum Gasteiger partial charge on any atom is -0.468 e. The van der Waals surface area contributed by atoms with Gasteiger partial charge in [0, 0.05) is 12.1 Å². The highest BCUT2D eigenvalue weighted by Crippen LogP contribution is 2.25. The van der Waals surface area contributed by atoms with Gasteiger partial charge in [0.1, 0.15) is 24.2 Å². The second-order valence-corrected chi connectivity index (χ2v) is 11.2. The van der Waals surface area contributed by atoms with Gasteiger partial charge >= 0.3 is 12.1 Å². The van der Waals surface area contributed by atoms with Crippen LogP contribution in [0.25, 0.3) is 0 Å². The van der Waals surface area contributed by atoms with E-state index in [2.05, 4.69) is 28.2 Å². The Hall–Kier alpha value is -3.54. The number of hydrogen-bond donors (Lipinski definition) is 2. The van der Waals surface area contributed by atoms with Crippen molar-refractivity contribution in [2.24, 2.45) is 5.92 Å². The molecule has 2 N–H and O–H groups in total. The lowest BCUT2D eigenvalue weighted by Crippen LogP contribution is -2.54. The van der Waals surface area contributed by atoms with E-state index < -0.39 is 41.6 Å². The quantitative estimate of drug-likeness (QED) is 0.183. The zero-order valence-electron chi connectivity index (χ0n) is 25.2. The molecule has 0 spiro atoms. The molecule has 0 radical (unpaired) electrons. The standard InChI is InChI=1S/C31H47N3O6/c1-9-11-12-13-14-19-34(29(37)25(20-22(3)4)33-30(38)40-31(5,6)7)27(28(36)32-21-26(35)39-8)24-17-15-23(10-2)16-18-24/h2,15-18,22,25,27H,9,11-14,19-21H2,1,3-8H3,(H,32,36)(H,33,38). The summed E-state index contributed by atoms with van der Waals surface area (Å²) in [4.78, 5) is 53.8. The number of nitrogens with one attached hydrogen (secondary N) is 2. The first-order valence-corrected chi connectivity index (χ1v) is 14.0. The van der Waals surface area contributed by atoms with E-state index in [1.165, 1.54) is 12.0 Å². The summed E-state index contributed by atoms with van der Waals surface area (Å²) in [7, 11) is 1.23. The minimum atomic E-state index is -1.06. The lowest BCUT2D eigenvalue weighted by molar-refractivity contribution is -0.145. The van der Waals surface area contributed by atoms with Crippen LogP contribution in [-0.2, 0) is 23.9 Å². The van der Waals surface area contributed by atoms with Crippen molar-refractivity contribution in [3.05, 3.63) is 35.4 Å². The van der Waals surface area contributed by atoms with Crippen LogP contribution in [0.4, 0.5) is 4.79 Å². The number of carbonyl (C=O) groups excluding carboxylic acids is 4. The molecular formula is C31H47N3O6. The second-order valence-electron chi connectivity index (χ2n) is 11.2. The summed E-state index contributed by atoms with van der Waals surface area (Å²) in [5, 5.41) is 5.33. The number of amides is 3. The van der Waals surface area contributed by atoms with Crippen LogP contribution in [0.1, 0.15) is 97.2 Å². The Morgan fingerprint density at radius 3 is 2.17 bits per heavy atom. The molecular weight excluding hydrogens is 510 g/mol. The fourth-order valence-corrected chi connectivity index (χ4v) is 4.16. The van der Waals surface area contributed by atoms with Gasteiger partial charge in [-0.2, -0.15) is 0 Å². The molecule has 40 heavy (non-hydrogen) atoms. The number of alkyl carbamates (subject to hydrolysis) is 1. The normalized spacial score (nSPS) is 12.6. The monoisotopic (exact) mass is 557 g/mol. The number of benzene rings is 1. The number of nitrogens with zero attached hydrogens (tertiary/aromatic N) is 1. The molecule has 1 rings (SSSR count). The highest BCUT2D eigenvalue weighted by Gasteiger charge is 2.36. The molecule has 9 heteroatoms. The number of rotatable bonds is 15. The first-order valence-electron chi connectivity index (χ1n) is 14.0. The smallest absolute Gasteiger partial charge is 0.408 e. The Morgan fingerprint density at radius 2 is 1.65 bits per heavy atom. The zero-order chi connectivity index (χ0) is 30.3. The van der Waals surface area contributed by atoms with Gasteiger partial charge in [0.15, 0.2) is 0 Å². The van der Waals surface area contributed by atoms with Crippen molar-refractivity contribution in [1.82, 2.24) is 15.5 Å². The third-order valence-electron chi connectivity index (χ3n) is 6.07. The summed E-state index contributed by atoms with van der Waals surface area (Å²) in [6.07, 6.45) is 9.83. The van der Waals surface area contributed by atoms with Crippen molar-refractivity contribution in [3.8, 4) is 12.3 Å². The summed E-state index contributed by atoms with van der Waals surface area (Å²) >= 11 is 0. The largest absolute Gasteiger partial charge is 0.468 e. The molecule has 0 aromatic heterocycles. The van der Waals surface area contributed by atoms with Gasteiger partial charge in [-0.25, -0.2) is 4.79 Å². The summed E-state index contributed by atoms with van der Waals surface area (Å²) < 4.78 is 10.1. The van der Waals surface area contributed by atoms with Gasteiger partial charge in [-0.3, -0.25) is 14.4 Å². The number of hydrogen-bond acceptors (Lipinski definition) is 6. The van der Waals surface area contributed by atoms with Crippen LogP contribution < -0.4 is 10.6 Å². The Labute approximate surface area is 239 Å². The fourth-order valence-electron chi connectivity index (χ4n) is 4.16. The molecule has 0 aliphatic carbocycles. The highest BCUT2D eigenvalue weighted by atomic mass is 16.6. The molecule has 9 nitrogen and oxygen atoms in total. The lowest BCUT2D eigenvalue weighted by atomic mass is 9.98. The molecule has 3 amide bonds. The van der Waals surface area contributed by atoms with Crippen LogP contribution in [-0.4, -0.2) is 60.6 Å². The summed E-state index contributed by atoms with van der Waals surface area (Å²) in [6, 6.07) is 4.81. The highest BCUT2D eigenvalue weighted by molar-refractivity contribution is 5.93. The average molecular weight is 558 g/mol. The Balaban J connectivity index is 3.50. The summed E-state index contributed by atoms with van der Waals surface area (Å²) in [6.45, 7) is 11.2. The number of ether oxygens (including phenoxy) is 2. The zero-order valence-corrected chi connectivity index (χ0v) is 25.2. The van der Waals surface area contributed by atoms with Gasteiger partial charge in [-0.15, -0.1) is 6.42 Å². The van der Waals surface area contributed by atoms with Crippen molar-refractivity contribution in [2.45, 2.75) is 97.8 Å². The first-order chi connectivity index (χ1) is 18.8. The van der Waals surface area contributed by atoms with Crippen molar-refractivity contribution in [1.29, 1.82) is 0 Å². The van der Waals surface area contributed by atoms with Crippen molar-refractivity contribution < 1.29 is 28.7 Å². The van der Waals surface area contributed by atoms with E-state index in [0.717, 1.165) is 25.7 Å². The number of methoxy groups -OCH3 is 1. The Kier molecular flexibility index (Phi) is 14.8. The van der Waals surface area contributed by atoms with Gasteiger partial charge in [0.25, 0.3) is 0 Å². The number of carbonyl (C=O) groups is 4. The third-order valence-corrected chi connectivity index (χ3v) is 6.07. The van der Waals surface area contributed by atoms with E-state index in [1.54, 1.807) is 45.0 Å². The maximum absolute atomic E-state index is 14.2. The van der Waals surface area contributed by atoms with Crippen LogP contribution in [0.5, 0.6) is 0 Å². The van der Waals surface area contributed by atoms with Crippen LogP contribution in [0.3, 0.4) is 0 Å². The van der Waals surface area contributed by atoms with Gasteiger partial charge in [-0.05, 0) is 57.2 Å². The number of terminal acetylenes is 1. The van der Waals surface area contributed by atoms with Crippen molar-refractivity contribution in [2.75, 3.05) is 20.2 Å². The van der Waals surface area contributed by atoms with E-state index in [-0.39, 0.29) is 19.0 Å².